The smallest absolute Gasteiger partial charge is 0.356 e. The molecule has 4 aromatic rings. The highest BCUT2D eigenvalue weighted by Crippen LogP contribution is 2.32. The summed E-state index contributed by atoms with van der Waals surface area (Å²) in [7, 11) is 1.59. The van der Waals surface area contributed by atoms with Gasteiger partial charge in [0, 0.05) is 22.2 Å². The number of benzene rings is 2. The van der Waals surface area contributed by atoms with Crippen LogP contribution in [0.15, 0.2) is 60.7 Å². The number of carboxylic acid groups (broad SMARTS) is 1. The number of aromatic carboxylic acids is 1. The molecule has 2 aromatic heterocycles. The highest BCUT2D eigenvalue weighted by atomic mass is 35.5. The van der Waals surface area contributed by atoms with Crippen molar-refractivity contribution in [3.8, 4) is 28.3 Å². The molecule has 27 heavy (non-hydrogen) atoms. The van der Waals surface area contributed by atoms with Crippen molar-refractivity contribution in [1.29, 1.82) is 0 Å². The number of hydrogen-bond acceptors (Lipinski definition) is 4. The van der Waals surface area contributed by atoms with Crippen molar-refractivity contribution < 1.29 is 14.6 Å². The van der Waals surface area contributed by atoms with Crippen molar-refractivity contribution >= 4 is 23.2 Å². The van der Waals surface area contributed by atoms with Crippen LogP contribution in [0.5, 0.6) is 5.75 Å². The average Bonchev–Trinajstić information content (AvgIpc) is 3.12. The molecule has 7 heteroatoms. The molecule has 0 spiro atoms. The van der Waals surface area contributed by atoms with Crippen LogP contribution < -0.4 is 4.74 Å². The zero-order valence-electron chi connectivity index (χ0n) is 14.3. The lowest BCUT2D eigenvalue weighted by Gasteiger charge is -2.12. The van der Waals surface area contributed by atoms with E-state index >= 15 is 0 Å². The molecule has 0 aliphatic heterocycles. The number of fused-ring (bicyclic) bond motifs is 1. The summed E-state index contributed by atoms with van der Waals surface area (Å²) >= 11 is 5.98. The number of nitrogens with zero attached hydrogens (tertiary/aromatic N) is 3. The summed E-state index contributed by atoms with van der Waals surface area (Å²) in [5.74, 6) is -0.459. The molecule has 0 amide bonds. The lowest BCUT2D eigenvalue weighted by atomic mass is 10.1. The Kier molecular flexibility index (Phi) is 4.25. The van der Waals surface area contributed by atoms with E-state index in [2.05, 4.69) is 10.1 Å². The van der Waals surface area contributed by atoms with Gasteiger partial charge in [-0.25, -0.2) is 14.3 Å². The number of rotatable bonds is 4. The number of methoxy groups -OCH3 is 1. The van der Waals surface area contributed by atoms with Gasteiger partial charge >= 0.3 is 5.97 Å². The van der Waals surface area contributed by atoms with Crippen molar-refractivity contribution in [1.82, 2.24) is 14.6 Å². The Morgan fingerprint density at radius 3 is 2.56 bits per heavy atom. The van der Waals surface area contributed by atoms with Crippen LogP contribution in [0.3, 0.4) is 0 Å². The topological polar surface area (TPSA) is 76.7 Å². The van der Waals surface area contributed by atoms with Gasteiger partial charge in [0.15, 0.2) is 11.3 Å². The van der Waals surface area contributed by atoms with Gasteiger partial charge in [-0.3, -0.25) is 0 Å². The van der Waals surface area contributed by atoms with Crippen molar-refractivity contribution in [2.75, 3.05) is 7.11 Å². The Morgan fingerprint density at radius 2 is 1.85 bits per heavy atom. The van der Waals surface area contributed by atoms with Crippen LogP contribution in [0.4, 0.5) is 0 Å². The van der Waals surface area contributed by atoms with Crippen molar-refractivity contribution in [3.05, 3.63) is 71.4 Å². The second-order valence-corrected chi connectivity index (χ2v) is 6.27. The minimum atomic E-state index is -1.11. The molecule has 0 fully saturated rings. The zero-order valence-corrected chi connectivity index (χ0v) is 15.0. The number of hydrogen-bond donors (Lipinski definition) is 1. The van der Waals surface area contributed by atoms with Crippen LogP contribution in [-0.2, 0) is 0 Å². The molecular formula is C20H14ClN3O3. The molecule has 2 aromatic carbocycles. The quantitative estimate of drug-likeness (QED) is 0.567. The molecule has 2 heterocycles. The van der Waals surface area contributed by atoms with Crippen LogP contribution in [0.25, 0.3) is 28.2 Å². The Morgan fingerprint density at radius 1 is 1.11 bits per heavy atom. The minimum Gasteiger partial charge on any atom is -0.496 e. The summed E-state index contributed by atoms with van der Waals surface area (Å²) in [6, 6.07) is 18.1. The minimum absolute atomic E-state index is 0.0769. The van der Waals surface area contributed by atoms with E-state index < -0.39 is 5.97 Å². The molecule has 0 saturated carbocycles. The number of aromatic nitrogens is 3. The molecule has 6 nitrogen and oxygen atoms in total. The van der Waals surface area contributed by atoms with Crippen molar-refractivity contribution in [3.63, 3.8) is 0 Å². The van der Waals surface area contributed by atoms with Gasteiger partial charge < -0.3 is 9.84 Å². The fraction of sp³-hybridized carbons (Fsp3) is 0.0500. The van der Waals surface area contributed by atoms with Gasteiger partial charge in [0.1, 0.15) is 5.75 Å². The summed E-state index contributed by atoms with van der Waals surface area (Å²) in [5.41, 5.74) is 3.35. The third-order valence-corrected chi connectivity index (χ3v) is 4.42. The molecule has 1 N–H and O–H groups in total. The van der Waals surface area contributed by atoms with Crippen LogP contribution in [0.2, 0.25) is 5.02 Å². The molecular weight excluding hydrogens is 366 g/mol. The Labute approximate surface area is 159 Å². The van der Waals surface area contributed by atoms with E-state index in [1.54, 1.807) is 19.2 Å². The number of halogens is 1. The zero-order chi connectivity index (χ0) is 19.0. The molecule has 134 valence electrons. The highest BCUT2D eigenvalue weighted by Gasteiger charge is 2.17. The molecule has 0 saturated heterocycles. The summed E-state index contributed by atoms with van der Waals surface area (Å²) in [6.07, 6.45) is 0. The third kappa shape index (κ3) is 3.11. The second kappa shape index (κ2) is 6.74. The maximum absolute atomic E-state index is 11.4. The maximum Gasteiger partial charge on any atom is 0.356 e. The molecule has 0 aliphatic rings. The normalized spacial score (nSPS) is 10.9. The molecule has 0 radical (unpaired) electrons. The molecule has 0 aliphatic carbocycles. The Bertz CT molecular complexity index is 1150. The molecule has 0 bridgehead atoms. The van der Waals surface area contributed by atoms with E-state index in [-0.39, 0.29) is 5.69 Å². The first-order valence-corrected chi connectivity index (χ1v) is 8.48. The van der Waals surface area contributed by atoms with E-state index in [4.69, 9.17) is 16.3 Å². The number of para-hydroxylation sites is 1. The Hall–Kier alpha value is -3.38. The second-order valence-electron chi connectivity index (χ2n) is 5.84. The molecule has 0 unspecified atom stereocenters. The van der Waals surface area contributed by atoms with Crippen LogP contribution in [0, 0.1) is 0 Å². The maximum atomic E-state index is 11.4. The predicted octanol–water partition coefficient (Wildman–Crippen LogP) is 4.42. The number of carboxylic acids is 1. The first-order valence-electron chi connectivity index (χ1n) is 8.10. The van der Waals surface area contributed by atoms with Gasteiger partial charge in [-0.1, -0.05) is 35.9 Å². The van der Waals surface area contributed by atoms with Crippen LogP contribution in [-0.4, -0.2) is 32.8 Å². The van der Waals surface area contributed by atoms with Gasteiger partial charge in [0.2, 0.25) is 0 Å². The first kappa shape index (κ1) is 17.1. The van der Waals surface area contributed by atoms with Gasteiger partial charge in [-0.15, -0.1) is 0 Å². The predicted molar refractivity (Wildman–Crippen MR) is 102 cm³/mol. The van der Waals surface area contributed by atoms with Crippen molar-refractivity contribution in [2.24, 2.45) is 0 Å². The van der Waals surface area contributed by atoms with Gasteiger partial charge in [0.05, 0.1) is 18.5 Å². The fourth-order valence-electron chi connectivity index (χ4n) is 2.90. The van der Waals surface area contributed by atoms with E-state index in [0.717, 1.165) is 11.1 Å². The van der Waals surface area contributed by atoms with Crippen molar-refractivity contribution in [2.45, 2.75) is 0 Å². The number of ether oxygens (including phenoxy) is 1. The lowest BCUT2D eigenvalue weighted by Crippen LogP contribution is -2.01. The van der Waals surface area contributed by atoms with E-state index in [1.165, 1.54) is 10.6 Å². The standard InChI is InChI=1S/C20H14ClN3O3/c1-27-18-5-3-2-4-14(18)17-10-15(12-6-8-13(21)9-7-12)22-19-11-16(20(25)26)23-24(17)19/h2-11H,1H3,(H,25,26). The fourth-order valence-corrected chi connectivity index (χ4v) is 3.02. The summed E-state index contributed by atoms with van der Waals surface area (Å²) in [6.45, 7) is 0. The van der Waals surface area contributed by atoms with Crippen LogP contribution in [0.1, 0.15) is 10.5 Å². The SMILES string of the molecule is COc1ccccc1-c1cc(-c2ccc(Cl)cc2)nc2cc(C(=O)O)nn12. The van der Waals surface area contributed by atoms with E-state index in [9.17, 15) is 9.90 Å². The van der Waals surface area contributed by atoms with E-state index in [1.807, 2.05) is 42.5 Å². The van der Waals surface area contributed by atoms with Gasteiger partial charge in [-0.2, -0.15) is 5.10 Å². The monoisotopic (exact) mass is 379 g/mol. The van der Waals surface area contributed by atoms with E-state index in [0.29, 0.717) is 27.8 Å². The summed E-state index contributed by atoms with van der Waals surface area (Å²) < 4.78 is 6.98. The van der Waals surface area contributed by atoms with Gasteiger partial charge in [-0.05, 0) is 30.3 Å². The largest absolute Gasteiger partial charge is 0.496 e. The average molecular weight is 380 g/mol. The molecule has 4 rings (SSSR count). The number of carbonyl (C=O) groups is 1. The Balaban J connectivity index is 2.02. The molecule has 0 atom stereocenters. The van der Waals surface area contributed by atoms with Gasteiger partial charge in [0.25, 0.3) is 0 Å². The lowest BCUT2D eigenvalue weighted by molar-refractivity contribution is 0.0690. The summed E-state index contributed by atoms with van der Waals surface area (Å²) in [5, 5.41) is 14.1. The van der Waals surface area contributed by atoms with Crippen LogP contribution >= 0.6 is 11.6 Å². The third-order valence-electron chi connectivity index (χ3n) is 4.17. The first-order chi connectivity index (χ1) is 13.1. The summed E-state index contributed by atoms with van der Waals surface area (Å²) in [4.78, 5) is 16.0. The highest BCUT2D eigenvalue weighted by molar-refractivity contribution is 6.30.